The maximum Gasteiger partial charge on any atom is 0.237 e. The molecule has 0 spiro atoms. The van der Waals surface area contributed by atoms with Gasteiger partial charge in [-0.05, 0) is 24.6 Å². The van der Waals surface area contributed by atoms with Crippen molar-refractivity contribution in [1.29, 1.82) is 0 Å². The van der Waals surface area contributed by atoms with Crippen molar-refractivity contribution >= 4 is 23.4 Å². The van der Waals surface area contributed by atoms with Crippen molar-refractivity contribution in [3.8, 4) is 0 Å². The molecule has 0 aliphatic carbocycles. The van der Waals surface area contributed by atoms with Crippen LogP contribution >= 0.6 is 11.8 Å². The van der Waals surface area contributed by atoms with E-state index in [9.17, 15) is 4.79 Å². The molecule has 0 radical (unpaired) electrons. The third-order valence-electron chi connectivity index (χ3n) is 2.59. The normalized spacial score (nSPS) is 18.7. The van der Waals surface area contributed by atoms with Gasteiger partial charge in [-0.3, -0.25) is 4.79 Å². The SMILES string of the molecule is CC1Sc2ccc(CNCCO)cc2NC1=O. The monoisotopic (exact) mass is 252 g/mol. The van der Waals surface area contributed by atoms with Gasteiger partial charge in [0.25, 0.3) is 0 Å². The second-order valence-electron chi connectivity index (χ2n) is 3.98. The second kappa shape index (κ2) is 5.53. The number of nitrogens with one attached hydrogen (secondary N) is 2. The summed E-state index contributed by atoms with van der Waals surface area (Å²) >= 11 is 1.58. The summed E-state index contributed by atoms with van der Waals surface area (Å²) in [6.45, 7) is 3.31. The first-order valence-corrected chi connectivity index (χ1v) is 6.50. The lowest BCUT2D eigenvalue weighted by atomic mass is 10.2. The molecule has 1 aliphatic rings. The minimum absolute atomic E-state index is 0.0270. The first-order chi connectivity index (χ1) is 8.20. The van der Waals surface area contributed by atoms with Gasteiger partial charge in [-0.1, -0.05) is 6.07 Å². The van der Waals surface area contributed by atoms with Gasteiger partial charge in [0, 0.05) is 18.0 Å². The molecule has 5 heteroatoms. The van der Waals surface area contributed by atoms with Gasteiger partial charge in [-0.2, -0.15) is 0 Å². The van der Waals surface area contributed by atoms with Crippen LogP contribution in [0, 0.1) is 0 Å². The van der Waals surface area contributed by atoms with Gasteiger partial charge in [0.1, 0.15) is 0 Å². The highest BCUT2D eigenvalue weighted by atomic mass is 32.2. The van der Waals surface area contributed by atoms with Crippen molar-refractivity contribution in [3.05, 3.63) is 23.8 Å². The minimum Gasteiger partial charge on any atom is -0.395 e. The summed E-state index contributed by atoms with van der Waals surface area (Å²) in [5.41, 5.74) is 1.99. The van der Waals surface area contributed by atoms with Crippen LogP contribution in [-0.4, -0.2) is 29.4 Å². The van der Waals surface area contributed by atoms with Crippen molar-refractivity contribution in [2.24, 2.45) is 0 Å². The number of carbonyl (C=O) groups excluding carboxylic acids is 1. The van der Waals surface area contributed by atoms with Crippen LogP contribution in [0.4, 0.5) is 5.69 Å². The number of carbonyl (C=O) groups is 1. The molecule has 4 nitrogen and oxygen atoms in total. The Labute approximate surface area is 105 Å². The molecule has 0 fully saturated rings. The molecule has 1 amide bonds. The molecule has 0 saturated heterocycles. The fourth-order valence-corrected chi connectivity index (χ4v) is 2.61. The number of aliphatic hydroxyl groups is 1. The van der Waals surface area contributed by atoms with Crippen LogP contribution in [0.2, 0.25) is 0 Å². The molecule has 1 unspecified atom stereocenters. The van der Waals surface area contributed by atoms with E-state index in [1.807, 2.05) is 25.1 Å². The molecule has 1 aliphatic heterocycles. The van der Waals surface area contributed by atoms with Gasteiger partial charge in [-0.25, -0.2) is 0 Å². The summed E-state index contributed by atoms with van der Waals surface area (Å²) in [5, 5.41) is 14.7. The van der Waals surface area contributed by atoms with Gasteiger partial charge in [0.2, 0.25) is 5.91 Å². The number of hydrogen-bond donors (Lipinski definition) is 3. The summed E-state index contributed by atoms with van der Waals surface area (Å²) in [4.78, 5) is 12.7. The van der Waals surface area contributed by atoms with Crippen molar-refractivity contribution < 1.29 is 9.90 Å². The largest absolute Gasteiger partial charge is 0.395 e. The number of rotatable bonds is 4. The van der Waals surface area contributed by atoms with E-state index in [0.717, 1.165) is 16.1 Å². The van der Waals surface area contributed by atoms with E-state index in [4.69, 9.17) is 5.11 Å². The van der Waals surface area contributed by atoms with Crippen LogP contribution in [0.15, 0.2) is 23.1 Å². The Balaban J connectivity index is 2.09. The summed E-state index contributed by atoms with van der Waals surface area (Å²) in [7, 11) is 0. The maximum absolute atomic E-state index is 11.5. The number of hydrogen-bond acceptors (Lipinski definition) is 4. The summed E-state index contributed by atoms with van der Waals surface area (Å²) in [6, 6.07) is 6.06. The number of aliphatic hydroxyl groups excluding tert-OH is 1. The second-order valence-corrected chi connectivity index (χ2v) is 5.36. The molecular formula is C12H16N2O2S. The fourth-order valence-electron chi connectivity index (χ4n) is 1.68. The Morgan fingerprint density at radius 1 is 1.53 bits per heavy atom. The topological polar surface area (TPSA) is 61.4 Å². The van der Waals surface area contributed by atoms with Crippen LogP contribution in [0.5, 0.6) is 0 Å². The van der Waals surface area contributed by atoms with Crippen molar-refractivity contribution in [1.82, 2.24) is 5.32 Å². The quantitative estimate of drug-likeness (QED) is 0.705. The molecule has 1 aromatic carbocycles. The van der Waals surface area contributed by atoms with E-state index in [-0.39, 0.29) is 17.8 Å². The molecule has 1 aromatic rings. The summed E-state index contributed by atoms with van der Waals surface area (Å²) in [5.74, 6) is 0.0583. The first kappa shape index (κ1) is 12.4. The summed E-state index contributed by atoms with van der Waals surface area (Å²) in [6.07, 6.45) is 0. The first-order valence-electron chi connectivity index (χ1n) is 5.62. The molecular weight excluding hydrogens is 236 g/mol. The molecule has 2 rings (SSSR count). The molecule has 0 bridgehead atoms. The smallest absolute Gasteiger partial charge is 0.237 e. The minimum atomic E-state index is -0.0270. The third-order valence-corrected chi connectivity index (χ3v) is 3.77. The van der Waals surface area contributed by atoms with Crippen LogP contribution in [0.1, 0.15) is 12.5 Å². The highest BCUT2D eigenvalue weighted by molar-refractivity contribution is 8.00. The van der Waals surface area contributed by atoms with E-state index in [2.05, 4.69) is 10.6 Å². The van der Waals surface area contributed by atoms with E-state index in [1.54, 1.807) is 11.8 Å². The van der Waals surface area contributed by atoms with Crippen LogP contribution in [-0.2, 0) is 11.3 Å². The van der Waals surface area contributed by atoms with Crippen molar-refractivity contribution in [2.45, 2.75) is 23.6 Å². The standard InChI is InChI=1S/C12H16N2O2S/c1-8-12(16)14-10-6-9(7-13-4-5-15)2-3-11(10)17-8/h2-3,6,8,13,15H,4-5,7H2,1H3,(H,14,16). The molecule has 92 valence electrons. The number of anilines is 1. The van der Waals surface area contributed by atoms with E-state index in [1.165, 1.54) is 0 Å². The van der Waals surface area contributed by atoms with Gasteiger partial charge >= 0.3 is 0 Å². The van der Waals surface area contributed by atoms with Gasteiger partial charge in [0.15, 0.2) is 0 Å². The predicted octanol–water partition coefficient (Wildman–Crippen LogP) is 1.20. The zero-order valence-corrected chi connectivity index (χ0v) is 10.5. The number of fused-ring (bicyclic) bond motifs is 1. The average molecular weight is 252 g/mol. The number of amides is 1. The Morgan fingerprint density at radius 2 is 2.35 bits per heavy atom. The summed E-state index contributed by atoms with van der Waals surface area (Å²) < 4.78 is 0. The Bertz CT molecular complexity index is 423. The lowest BCUT2D eigenvalue weighted by Gasteiger charge is -2.21. The predicted molar refractivity (Wildman–Crippen MR) is 69.2 cm³/mol. The van der Waals surface area contributed by atoms with Gasteiger partial charge in [0.05, 0.1) is 17.5 Å². The highest BCUT2D eigenvalue weighted by Crippen LogP contribution is 2.35. The lowest BCUT2D eigenvalue weighted by Crippen LogP contribution is -2.26. The van der Waals surface area contributed by atoms with Crippen LogP contribution in [0.3, 0.4) is 0 Å². The molecule has 3 N–H and O–H groups in total. The molecule has 1 heterocycles. The van der Waals surface area contributed by atoms with Crippen molar-refractivity contribution in [2.75, 3.05) is 18.5 Å². The van der Waals surface area contributed by atoms with E-state index >= 15 is 0 Å². The van der Waals surface area contributed by atoms with Crippen LogP contribution < -0.4 is 10.6 Å². The van der Waals surface area contributed by atoms with E-state index < -0.39 is 0 Å². The highest BCUT2D eigenvalue weighted by Gasteiger charge is 2.22. The Morgan fingerprint density at radius 3 is 3.12 bits per heavy atom. The number of benzene rings is 1. The number of thioether (sulfide) groups is 1. The molecule has 0 aromatic heterocycles. The van der Waals surface area contributed by atoms with Gasteiger partial charge in [-0.15, -0.1) is 11.8 Å². The fraction of sp³-hybridized carbons (Fsp3) is 0.417. The molecule has 1 atom stereocenters. The Hall–Kier alpha value is -1.04. The zero-order chi connectivity index (χ0) is 12.3. The third kappa shape index (κ3) is 3.00. The van der Waals surface area contributed by atoms with Gasteiger partial charge < -0.3 is 15.7 Å². The van der Waals surface area contributed by atoms with E-state index in [0.29, 0.717) is 13.1 Å². The molecule has 0 saturated carbocycles. The average Bonchev–Trinajstić information content (AvgIpc) is 2.31. The van der Waals surface area contributed by atoms with Crippen LogP contribution in [0.25, 0.3) is 0 Å². The van der Waals surface area contributed by atoms with Crippen molar-refractivity contribution in [3.63, 3.8) is 0 Å². The zero-order valence-electron chi connectivity index (χ0n) is 9.69. The Kier molecular flexibility index (Phi) is 4.04. The maximum atomic E-state index is 11.5. The lowest BCUT2D eigenvalue weighted by molar-refractivity contribution is -0.115. The molecule has 17 heavy (non-hydrogen) atoms.